The lowest BCUT2D eigenvalue weighted by Crippen LogP contribution is -2.45. The van der Waals surface area contributed by atoms with Gasteiger partial charge in [0.25, 0.3) is 5.91 Å². The predicted octanol–water partition coefficient (Wildman–Crippen LogP) is 1.45. The van der Waals surface area contributed by atoms with Gasteiger partial charge in [-0.15, -0.1) is 0 Å². The summed E-state index contributed by atoms with van der Waals surface area (Å²) in [5.41, 5.74) is 0.326. The fraction of sp³-hybridized carbons (Fsp3) is 0.462. The quantitative estimate of drug-likeness (QED) is 0.848. The number of pyridine rings is 1. The third kappa shape index (κ3) is 2.85. The predicted molar refractivity (Wildman–Crippen MR) is 65.1 cm³/mol. The maximum atomic E-state index is 11.9. The molecule has 1 aromatic heterocycles. The van der Waals surface area contributed by atoms with Crippen molar-refractivity contribution in [2.75, 3.05) is 0 Å². The topological polar surface area (TPSA) is 79.3 Å². The van der Waals surface area contributed by atoms with E-state index in [2.05, 4.69) is 10.3 Å². The molecule has 1 aliphatic carbocycles. The summed E-state index contributed by atoms with van der Waals surface area (Å²) in [4.78, 5) is 27.0. The lowest BCUT2D eigenvalue weighted by Gasteiger charge is -2.29. The molecule has 1 heterocycles. The zero-order valence-corrected chi connectivity index (χ0v) is 10.0. The van der Waals surface area contributed by atoms with Gasteiger partial charge in [-0.2, -0.15) is 0 Å². The van der Waals surface area contributed by atoms with Gasteiger partial charge < -0.3 is 10.4 Å². The van der Waals surface area contributed by atoms with E-state index in [1.165, 1.54) is 0 Å². The van der Waals surface area contributed by atoms with Crippen LogP contribution in [0.1, 0.15) is 36.2 Å². The molecule has 96 valence electrons. The van der Waals surface area contributed by atoms with Crippen molar-refractivity contribution in [1.29, 1.82) is 0 Å². The molecule has 5 heteroatoms. The van der Waals surface area contributed by atoms with Crippen molar-refractivity contribution in [2.24, 2.45) is 5.92 Å². The monoisotopic (exact) mass is 248 g/mol. The van der Waals surface area contributed by atoms with Gasteiger partial charge in [-0.05, 0) is 25.0 Å². The molecule has 0 bridgehead atoms. The molecular weight excluding hydrogens is 232 g/mol. The van der Waals surface area contributed by atoms with Gasteiger partial charge in [0, 0.05) is 12.2 Å². The minimum Gasteiger partial charge on any atom is -0.481 e. The van der Waals surface area contributed by atoms with Gasteiger partial charge in [-0.25, -0.2) is 0 Å². The van der Waals surface area contributed by atoms with Crippen molar-refractivity contribution in [2.45, 2.75) is 31.7 Å². The second kappa shape index (κ2) is 5.62. The molecule has 2 unspecified atom stereocenters. The van der Waals surface area contributed by atoms with Crippen LogP contribution < -0.4 is 5.32 Å². The number of aliphatic carboxylic acids is 1. The van der Waals surface area contributed by atoms with Crippen molar-refractivity contribution in [1.82, 2.24) is 10.3 Å². The number of hydrogen-bond donors (Lipinski definition) is 2. The van der Waals surface area contributed by atoms with E-state index in [1.807, 2.05) is 0 Å². The molecule has 18 heavy (non-hydrogen) atoms. The third-order valence-electron chi connectivity index (χ3n) is 3.30. The Balaban J connectivity index is 2.03. The normalized spacial score (nSPS) is 23.3. The largest absolute Gasteiger partial charge is 0.481 e. The highest BCUT2D eigenvalue weighted by atomic mass is 16.4. The van der Waals surface area contributed by atoms with Gasteiger partial charge in [0.05, 0.1) is 5.92 Å². The van der Waals surface area contributed by atoms with E-state index in [4.69, 9.17) is 5.11 Å². The molecule has 1 aromatic rings. The zero-order valence-electron chi connectivity index (χ0n) is 10.0. The molecule has 1 fully saturated rings. The highest BCUT2D eigenvalue weighted by molar-refractivity contribution is 5.92. The van der Waals surface area contributed by atoms with Crippen molar-refractivity contribution < 1.29 is 14.7 Å². The number of carbonyl (C=O) groups excluding carboxylic acids is 1. The Hall–Kier alpha value is -1.91. The van der Waals surface area contributed by atoms with Crippen LogP contribution in [-0.4, -0.2) is 28.0 Å². The van der Waals surface area contributed by atoms with E-state index in [0.717, 1.165) is 19.3 Å². The SMILES string of the molecule is O=C(NC1CCCCC1C(=O)O)c1ccccn1. The van der Waals surface area contributed by atoms with E-state index in [9.17, 15) is 9.59 Å². The summed E-state index contributed by atoms with van der Waals surface area (Å²) < 4.78 is 0. The molecule has 2 atom stereocenters. The fourth-order valence-electron chi connectivity index (χ4n) is 2.34. The average molecular weight is 248 g/mol. The molecule has 1 amide bonds. The number of hydrogen-bond acceptors (Lipinski definition) is 3. The first kappa shape index (κ1) is 12.5. The van der Waals surface area contributed by atoms with Crippen molar-refractivity contribution in [3.05, 3.63) is 30.1 Å². The number of nitrogens with zero attached hydrogens (tertiary/aromatic N) is 1. The lowest BCUT2D eigenvalue weighted by molar-refractivity contribution is -0.143. The number of amides is 1. The van der Waals surface area contributed by atoms with Crippen LogP contribution in [0.5, 0.6) is 0 Å². The minimum absolute atomic E-state index is 0.286. The molecule has 1 saturated carbocycles. The van der Waals surface area contributed by atoms with Crippen LogP contribution in [0.25, 0.3) is 0 Å². The zero-order chi connectivity index (χ0) is 13.0. The Morgan fingerprint density at radius 3 is 2.72 bits per heavy atom. The number of carboxylic acid groups (broad SMARTS) is 1. The maximum Gasteiger partial charge on any atom is 0.308 e. The van der Waals surface area contributed by atoms with Crippen LogP contribution in [0.4, 0.5) is 0 Å². The number of nitrogens with one attached hydrogen (secondary N) is 1. The molecule has 5 nitrogen and oxygen atoms in total. The second-order valence-electron chi connectivity index (χ2n) is 4.52. The Bertz CT molecular complexity index is 433. The van der Waals surface area contributed by atoms with Gasteiger partial charge in [-0.3, -0.25) is 14.6 Å². The molecule has 1 aliphatic rings. The van der Waals surface area contributed by atoms with Gasteiger partial charge in [0.1, 0.15) is 5.69 Å². The minimum atomic E-state index is -0.832. The smallest absolute Gasteiger partial charge is 0.308 e. The van der Waals surface area contributed by atoms with Crippen molar-refractivity contribution in [3.63, 3.8) is 0 Å². The fourth-order valence-corrected chi connectivity index (χ4v) is 2.34. The summed E-state index contributed by atoms with van der Waals surface area (Å²) in [7, 11) is 0. The lowest BCUT2D eigenvalue weighted by atomic mass is 9.84. The molecular formula is C13H16N2O3. The van der Waals surface area contributed by atoms with Crippen molar-refractivity contribution in [3.8, 4) is 0 Å². The highest BCUT2D eigenvalue weighted by Gasteiger charge is 2.32. The Labute approximate surface area is 105 Å². The summed E-state index contributed by atoms with van der Waals surface area (Å²) in [6.45, 7) is 0. The highest BCUT2D eigenvalue weighted by Crippen LogP contribution is 2.24. The van der Waals surface area contributed by atoms with Crippen molar-refractivity contribution >= 4 is 11.9 Å². The first-order valence-corrected chi connectivity index (χ1v) is 6.13. The number of carboxylic acids is 1. The van der Waals surface area contributed by atoms with Gasteiger partial charge >= 0.3 is 5.97 Å². The average Bonchev–Trinajstić information content (AvgIpc) is 2.40. The van der Waals surface area contributed by atoms with Gasteiger partial charge in [0.15, 0.2) is 0 Å². The van der Waals surface area contributed by atoms with Crippen LogP contribution in [-0.2, 0) is 4.79 Å². The van der Waals surface area contributed by atoms with E-state index in [0.29, 0.717) is 12.1 Å². The molecule has 0 aliphatic heterocycles. The second-order valence-corrected chi connectivity index (χ2v) is 4.52. The van der Waals surface area contributed by atoms with E-state index >= 15 is 0 Å². The van der Waals surface area contributed by atoms with Crippen LogP contribution in [0.15, 0.2) is 24.4 Å². The molecule has 0 spiro atoms. The Kier molecular flexibility index (Phi) is 3.92. The molecule has 2 N–H and O–H groups in total. The number of rotatable bonds is 3. The number of carbonyl (C=O) groups is 2. The Morgan fingerprint density at radius 1 is 1.28 bits per heavy atom. The van der Waals surface area contributed by atoms with Crippen LogP contribution in [0.3, 0.4) is 0 Å². The summed E-state index contributed by atoms with van der Waals surface area (Å²) in [5.74, 6) is -1.61. The summed E-state index contributed by atoms with van der Waals surface area (Å²) in [6, 6.07) is 4.80. The summed E-state index contributed by atoms with van der Waals surface area (Å²) in [6.07, 6.45) is 4.76. The van der Waals surface area contributed by atoms with Crippen LogP contribution in [0.2, 0.25) is 0 Å². The number of aromatic nitrogens is 1. The van der Waals surface area contributed by atoms with E-state index in [1.54, 1.807) is 24.4 Å². The molecule has 0 saturated heterocycles. The standard InChI is InChI=1S/C13H16N2O3/c16-12(11-7-3-4-8-14-11)15-10-6-2-1-5-9(10)13(17)18/h3-4,7-10H,1-2,5-6H2,(H,15,16)(H,17,18). The van der Waals surface area contributed by atoms with Gasteiger partial charge in [-0.1, -0.05) is 18.9 Å². The molecule has 2 rings (SSSR count). The first-order valence-electron chi connectivity index (χ1n) is 6.13. The van der Waals surface area contributed by atoms with E-state index < -0.39 is 11.9 Å². The summed E-state index contributed by atoms with van der Waals surface area (Å²) >= 11 is 0. The van der Waals surface area contributed by atoms with Crippen LogP contribution in [0, 0.1) is 5.92 Å². The van der Waals surface area contributed by atoms with E-state index in [-0.39, 0.29) is 11.9 Å². The van der Waals surface area contributed by atoms with Gasteiger partial charge in [0.2, 0.25) is 0 Å². The van der Waals surface area contributed by atoms with Crippen LogP contribution >= 0.6 is 0 Å². The summed E-state index contributed by atoms with van der Waals surface area (Å²) in [5, 5.41) is 11.9. The maximum absolute atomic E-state index is 11.9. The third-order valence-corrected chi connectivity index (χ3v) is 3.30. The molecule has 0 radical (unpaired) electrons. The Morgan fingerprint density at radius 2 is 2.06 bits per heavy atom. The molecule has 0 aromatic carbocycles. The first-order chi connectivity index (χ1) is 8.68.